The Morgan fingerprint density at radius 2 is 1.93 bits per heavy atom. The van der Waals surface area contributed by atoms with E-state index in [1.165, 1.54) is 55.9 Å². The predicted molar refractivity (Wildman–Crippen MR) is 141 cm³/mol. The summed E-state index contributed by atoms with van der Waals surface area (Å²) in [4.78, 5) is 54.6. The Bertz CT molecular complexity index is 1420. The standard InChI is InChI=1S/C26H24N6O8/c1-38-16-20(33)5-3-13-29-25(34)24-18(6-11-22(30-31-27)23(24)17-4-2-12-28-14-17)15-39-26(35)40-21-9-7-19(8-10-21)32(36)37/h2,4,6-12,14H,3,5,13,15-16H2,1H3,(H,29,34). The van der Waals surface area contributed by atoms with Gasteiger partial charge in [0.05, 0.1) is 10.5 Å². The number of carbonyl (C=O) groups is 3. The molecule has 14 nitrogen and oxygen atoms in total. The molecular weight excluding hydrogens is 524 g/mol. The summed E-state index contributed by atoms with van der Waals surface area (Å²) in [6, 6.07) is 11.1. The first-order valence-electron chi connectivity index (χ1n) is 11.8. The van der Waals surface area contributed by atoms with E-state index in [2.05, 4.69) is 20.3 Å². The minimum absolute atomic E-state index is 0.0198. The van der Waals surface area contributed by atoms with Gasteiger partial charge in [-0.1, -0.05) is 23.3 Å². The first kappa shape index (κ1) is 29.2. The third-order valence-electron chi connectivity index (χ3n) is 5.42. The average molecular weight is 549 g/mol. The molecule has 2 aromatic carbocycles. The first-order chi connectivity index (χ1) is 19.3. The number of nitro benzene ring substituents is 1. The zero-order chi connectivity index (χ0) is 28.9. The van der Waals surface area contributed by atoms with Gasteiger partial charge in [0.2, 0.25) is 0 Å². The van der Waals surface area contributed by atoms with Crippen molar-refractivity contribution in [2.45, 2.75) is 19.4 Å². The Hall–Kier alpha value is -5.33. The van der Waals surface area contributed by atoms with Crippen LogP contribution in [0, 0.1) is 10.1 Å². The van der Waals surface area contributed by atoms with Gasteiger partial charge < -0.3 is 19.5 Å². The Balaban J connectivity index is 1.86. The Morgan fingerprint density at radius 3 is 2.58 bits per heavy atom. The molecule has 1 heterocycles. The molecule has 1 amide bonds. The summed E-state index contributed by atoms with van der Waals surface area (Å²) < 4.78 is 15.1. The van der Waals surface area contributed by atoms with E-state index in [9.17, 15) is 24.5 Å². The van der Waals surface area contributed by atoms with Crippen molar-refractivity contribution >= 4 is 29.2 Å². The zero-order valence-corrected chi connectivity index (χ0v) is 21.3. The number of amides is 1. The second-order valence-electron chi connectivity index (χ2n) is 8.15. The SMILES string of the molecule is COCC(=O)CCCNC(=O)c1c(COC(=O)Oc2ccc([N+](=O)[O-])cc2)ccc(N=[N+]=[N-])c1-c1cccnc1. The van der Waals surface area contributed by atoms with Crippen molar-refractivity contribution in [2.24, 2.45) is 5.11 Å². The number of rotatable bonds is 13. The van der Waals surface area contributed by atoms with Gasteiger partial charge in [-0.3, -0.25) is 24.7 Å². The van der Waals surface area contributed by atoms with Crippen LogP contribution in [-0.2, 0) is 20.9 Å². The van der Waals surface area contributed by atoms with Gasteiger partial charge in [-0.05, 0) is 30.2 Å². The second-order valence-corrected chi connectivity index (χ2v) is 8.15. The molecule has 1 N–H and O–H groups in total. The third-order valence-corrected chi connectivity index (χ3v) is 5.42. The number of non-ortho nitro benzene ring substituents is 1. The zero-order valence-electron chi connectivity index (χ0n) is 21.3. The molecule has 14 heteroatoms. The Kier molecular flexibility index (Phi) is 10.6. The minimum atomic E-state index is -1.11. The van der Waals surface area contributed by atoms with Gasteiger partial charge in [0.15, 0.2) is 5.78 Å². The van der Waals surface area contributed by atoms with Crippen LogP contribution in [0.2, 0.25) is 0 Å². The highest BCUT2D eigenvalue weighted by atomic mass is 16.7. The maximum atomic E-state index is 13.4. The van der Waals surface area contributed by atoms with E-state index in [4.69, 9.17) is 19.7 Å². The van der Waals surface area contributed by atoms with Crippen LogP contribution in [0.5, 0.6) is 5.75 Å². The summed E-state index contributed by atoms with van der Waals surface area (Å²) in [5.74, 6) is -0.652. The van der Waals surface area contributed by atoms with Crippen LogP contribution >= 0.6 is 0 Å². The van der Waals surface area contributed by atoms with Crippen LogP contribution in [0.4, 0.5) is 16.2 Å². The molecule has 0 spiro atoms. The molecule has 3 aromatic rings. The van der Waals surface area contributed by atoms with E-state index in [0.717, 1.165) is 0 Å². The van der Waals surface area contributed by atoms with Crippen LogP contribution in [0.1, 0.15) is 28.8 Å². The number of carbonyl (C=O) groups excluding carboxylic acids is 3. The van der Waals surface area contributed by atoms with E-state index in [0.29, 0.717) is 12.0 Å². The van der Waals surface area contributed by atoms with Gasteiger partial charge in [0, 0.05) is 71.9 Å². The summed E-state index contributed by atoms with van der Waals surface area (Å²) in [6.45, 7) is -0.259. The quantitative estimate of drug-likeness (QED) is 0.0444. The molecule has 0 aliphatic heterocycles. The first-order valence-corrected chi connectivity index (χ1v) is 11.8. The number of hydrogen-bond acceptors (Lipinski definition) is 10. The van der Waals surface area contributed by atoms with Crippen molar-refractivity contribution in [3.05, 3.63) is 92.6 Å². The number of nitro groups is 1. The molecule has 0 unspecified atom stereocenters. The predicted octanol–water partition coefficient (Wildman–Crippen LogP) is 5.04. The maximum Gasteiger partial charge on any atom is 0.514 e. The molecular formula is C26H24N6O8. The summed E-state index contributed by atoms with van der Waals surface area (Å²) in [5.41, 5.74) is 10.1. The number of hydrogen-bond donors (Lipinski definition) is 1. The van der Waals surface area contributed by atoms with Gasteiger partial charge in [0.25, 0.3) is 11.6 Å². The molecule has 0 atom stereocenters. The lowest BCUT2D eigenvalue weighted by molar-refractivity contribution is -0.384. The lowest BCUT2D eigenvalue weighted by Gasteiger charge is -2.17. The normalized spacial score (nSPS) is 10.2. The van der Waals surface area contributed by atoms with Crippen LogP contribution in [0.3, 0.4) is 0 Å². The number of nitrogens with zero attached hydrogens (tertiary/aromatic N) is 5. The monoisotopic (exact) mass is 548 g/mol. The summed E-state index contributed by atoms with van der Waals surface area (Å²) in [7, 11) is 1.42. The van der Waals surface area contributed by atoms with Crippen LogP contribution in [-0.4, -0.2) is 48.0 Å². The molecule has 0 bridgehead atoms. The number of methoxy groups -OCH3 is 1. The van der Waals surface area contributed by atoms with E-state index in [1.807, 2.05) is 0 Å². The van der Waals surface area contributed by atoms with Crippen molar-refractivity contribution in [3.63, 3.8) is 0 Å². The molecule has 0 saturated carbocycles. The highest BCUT2D eigenvalue weighted by Crippen LogP contribution is 2.36. The molecule has 0 aliphatic rings. The Morgan fingerprint density at radius 1 is 1.15 bits per heavy atom. The third kappa shape index (κ3) is 8.08. The van der Waals surface area contributed by atoms with Crippen LogP contribution in [0.25, 0.3) is 21.6 Å². The van der Waals surface area contributed by atoms with Crippen LogP contribution < -0.4 is 10.1 Å². The summed E-state index contributed by atoms with van der Waals surface area (Å²) >= 11 is 0. The molecule has 40 heavy (non-hydrogen) atoms. The van der Waals surface area contributed by atoms with Gasteiger partial charge in [-0.2, -0.15) is 0 Å². The highest BCUT2D eigenvalue weighted by Gasteiger charge is 2.22. The molecule has 0 radical (unpaired) electrons. The van der Waals surface area contributed by atoms with E-state index in [-0.39, 0.29) is 59.2 Å². The van der Waals surface area contributed by atoms with Crippen molar-refractivity contribution in [1.29, 1.82) is 0 Å². The Labute approximate surface area is 227 Å². The van der Waals surface area contributed by atoms with Crippen molar-refractivity contribution in [1.82, 2.24) is 10.3 Å². The van der Waals surface area contributed by atoms with E-state index in [1.54, 1.807) is 12.1 Å². The van der Waals surface area contributed by atoms with Gasteiger partial charge in [-0.15, -0.1) is 0 Å². The van der Waals surface area contributed by atoms with Gasteiger partial charge in [0.1, 0.15) is 19.0 Å². The molecule has 0 saturated heterocycles. The summed E-state index contributed by atoms with van der Waals surface area (Å²) in [5, 5.41) is 17.3. The number of nitrogens with one attached hydrogen (secondary N) is 1. The number of azide groups is 1. The number of ether oxygens (including phenoxy) is 3. The number of ketones is 1. The largest absolute Gasteiger partial charge is 0.514 e. The summed E-state index contributed by atoms with van der Waals surface area (Å²) in [6.07, 6.45) is 2.47. The average Bonchev–Trinajstić information content (AvgIpc) is 2.95. The number of aromatic nitrogens is 1. The molecule has 3 rings (SSSR count). The van der Waals surface area contributed by atoms with Crippen molar-refractivity contribution < 1.29 is 33.5 Å². The topological polar surface area (TPSA) is 196 Å². The fourth-order valence-corrected chi connectivity index (χ4v) is 3.66. The lowest BCUT2D eigenvalue weighted by Crippen LogP contribution is -2.27. The fraction of sp³-hybridized carbons (Fsp3) is 0.231. The lowest BCUT2D eigenvalue weighted by atomic mass is 9.94. The number of pyridine rings is 1. The van der Waals surface area contributed by atoms with Crippen molar-refractivity contribution in [2.75, 3.05) is 20.3 Å². The molecule has 206 valence electrons. The van der Waals surface area contributed by atoms with E-state index >= 15 is 0 Å². The molecule has 0 aliphatic carbocycles. The fourth-order valence-electron chi connectivity index (χ4n) is 3.66. The van der Waals surface area contributed by atoms with Crippen LogP contribution in [0.15, 0.2) is 66.0 Å². The van der Waals surface area contributed by atoms with E-state index < -0.39 is 23.6 Å². The highest BCUT2D eigenvalue weighted by molar-refractivity contribution is 6.05. The second kappa shape index (κ2) is 14.6. The smallest absolute Gasteiger partial charge is 0.429 e. The minimum Gasteiger partial charge on any atom is -0.429 e. The van der Waals surface area contributed by atoms with Gasteiger partial charge in [-0.25, -0.2) is 4.79 Å². The molecule has 0 fully saturated rings. The number of benzene rings is 2. The molecule has 1 aromatic heterocycles. The maximum absolute atomic E-state index is 13.4. The van der Waals surface area contributed by atoms with Crippen molar-refractivity contribution in [3.8, 4) is 16.9 Å². The van der Waals surface area contributed by atoms with Gasteiger partial charge >= 0.3 is 6.16 Å². The number of Topliss-reactive ketones (excluding diaryl/α,β-unsaturated/α-hetero) is 1.